The van der Waals surface area contributed by atoms with Gasteiger partial charge in [0.1, 0.15) is 0 Å². The summed E-state index contributed by atoms with van der Waals surface area (Å²) in [4.78, 5) is 0. The molecular formula is C25H17BO2. The predicted octanol–water partition coefficient (Wildman–Crippen LogP) is 3.71. The Morgan fingerprint density at radius 3 is 1.43 bits per heavy atom. The third-order valence-electron chi connectivity index (χ3n) is 6.32. The molecule has 28 heavy (non-hydrogen) atoms. The highest BCUT2D eigenvalue weighted by Crippen LogP contribution is 2.62. The summed E-state index contributed by atoms with van der Waals surface area (Å²) in [5.41, 5.74) is 9.98. The van der Waals surface area contributed by atoms with Crippen LogP contribution in [0.1, 0.15) is 22.3 Å². The van der Waals surface area contributed by atoms with Crippen LogP contribution in [0.4, 0.5) is 0 Å². The van der Waals surface area contributed by atoms with Gasteiger partial charge >= 0.3 is 7.12 Å². The van der Waals surface area contributed by atoms with Gasteiger partial charge in [0.05, 0.1) is 5.41 Å². The van der Waals surface area contributed by atoms with Crippen LogP contribution >= 0.6 is 0 Å². The Labute approximate surface area is 163 Å². The maximum Gasteiger partial charge on any atom is 0.488 e. The molecule has 0 saturated carbocycles. The van der Waals surface area contributed by atoms with Crippen LogP contribution in [0.5, 0.6) is 0 Å². The minimum atomic E-state index is -1.47. The molecule has 2 N–H and O–H groups in total. The second-order valence-electron chi connectivity index (χ2n) is 7.57. The lowest BCUT2D eigenvalue weighted by atomic mass is 9.70. The zero-order valence-corrected chi connectivity index (χ0v) is 15.1. The van der Waals surface area contributed by atoms with E-state index in [0.29, 0.717) is 5.46 Å². The first-order chi connectivity index (χ1) is 13.7. The standard InChI is InChI=1S/C25H17BO2/c27-26(28)16-13-14-24-20(15-16)19-9-3-6-12-23(19)25(24)21-10-4-1-7-17(21)18-8-2-5-11-22(18)25/h1-15,27-28H. The number of hydrogen-bond donors (Lipinski definition) is 2. The van der Waals surface area contributed by atoms with Crippen molar-refractivity contribution in [3.63, 3.8) is 0 Å². The van der Waals surface area contributed by atoms with Crippen LogP contribution in [0.2, 0.25) is 0 Å². The molecule has 0 fully saturated rings. The van der Waals surface area contributed by atoms with Crippen molar-refractivity contribution in [2.45, 2.75) is 5.41 Å². The maximum atomic E-state index is 9.73. The van der Waals surface area contributed by atoms with E-state index in [4.69, 9.17) is 0 Å². The van der Waals surface area contributed by atoms with Crippen molar-refractivity contribution in [2.75, 3.05) is 0 Å². The Balaban J connectivity index is 1.81. The molecule has 4 aromatic rings. The van der Waals surface area contributed by atoms with Gasteiger partial charge in [-0.15, -0.1) is 0 Å². The van der Waals surface area contributed by atoms with E-state index in [1.165, 1.54) is 33.4 Å². The van der Waals surface area contributed by atoms with Gasteiger partial charge in [0.2, 0.25) is 0 Å². The largest absolute Gasteiger partial charge is 0.488 e. The monoisotopic (exact) mass is 360 g/mol. The van der Waals surface area contributed by atoms with E-state index in [1.54, 1.807) is 0 Å². The Kier molecular flexibility index (Phi) is 3.09. The van der Waals surface area contributed by atoms with E-state index in [2.05, 4.69) is 78.9 Å². The van der Waals surface area contributed by atoms with Gasteiger partial charge in [0.25, 0.3) is 0 Å². The highest BCUT2D eigenvalue weighted by molar-refractivity contribution is 6.58. The maximum absolute atomic E-state index is 9.73. The highest BCUT2D eigenvalue weighted by atomic mass is 16.4. The highest BCUT2D eigenvalue weighted by Gasteiger charge is 2.51. The third-order valence-corrected chi connectivity index (χ3v) is 6.32. The molecule has 132 valence electrons. The quantitative estimate of drug-likeness (QED) is 0.439. The van der Waals surface area contributed by atoms with Crippen LogP contribution in [0, 0.1) is 0 Å². The summed E-state index contributed by atoms with van der Waals surface area (Å²) in [5, 5.41) is 19.5. The molecule has 0 unspecified atom stereocenters. The fraction of sp³-hybridized carbons (Fsp3) is 0.0400. The van der Waals surface area contributed by atoms with Crippen molar-refractivity contribution in [1.82, 2.24) is 0 Å². The molecule has 1 spiro atoms. The van der Waals surface area contributed by atoms with Gasteiger partial charge in [0.15, 0.2) is 0 Å². The summed E-state index contributed by atoms with van der Waals surface area (Å²) in [6, 6.07) is 31.6. The number of benzene rings is 4. The first-order valence-corrected chi connectivity index (χ1v) is 9.53. The first kappa shape index (κ1) is 15.9. The zero-order chi connectivity index (χ0) is 18.9. The van der Waals surface area contributed by atoms with E-state index >= 15 is 0 Å². The van der Waals surface area contributed by atoms with Gasteiger partial charge in [-0.2, -0.15) is 0 Å². The van der Waals surface area contributed by atoms with E-state index in [0.717, 1.165) is 11.1 Å². The van der Waals surface area contributed by atoms with Gasteiger partial charge in [-0.3, -0.25) is 0 Å². The lowest BCUT2D eigenvalue weighted by Gasteiger charge is -2.30. The van der Waals surface area contributed by atoms with Crippen molar-refractivity contribution >= 4 is 12.6 Å². The topological polar surface area (TPSA) is 40.5 Å². The van der Waals surface area contributed by atoms with E-state index < -0.39 is 7.12 Å². The van der Waals surface area contributed by atoms with Crippen LogP contribution in [-0.2, 0) is 5.41 Å². The normalized spacial score (nSPS) is 14.4. The van der Waals surface area contributed by atoms with E-state index in [1.807, 2.05) is 12.1 Å². The molecule has 0 amide bonds. The fourth-order valence-corrected chi connectivity index (χ4v) is 5.28. The molecule has 3 heteroatoms. The van der Waals surface area contributed by atoms with Crippen LogP contribution in [0.15, 0.2) is 91.0 Å². The summed E-state index contributed by atoms with van der Waals surface area (Å²) in [6.45, 7) is 0. The Morgan fingerprint density at radius 2 is 0.929 bits per heavy atom. The summed E-state index contributed by atoms with van der Waals surface area (Å²) in [5.74, 6) is 0. The number of rotatable bonds is 1. The molecule has 2 aliphatic rings. The lowest BCUT2D eigenvalue weighted by molar-refractivity contribution is 0.426. The van der Waals surface area contributed by atoms with Crippen molar-refractivity contribution in [1.29, 1.82) is 0 Å². The summed E-state index contributed by atoms with van der Waals surface area (Å²) >= 11 is 0. The molecule has 2 aliphatic carbocycles. The Morgan fingerprint density at radius 1 is 0.500 bits per heavy atom. The SMILES string of the molecule is OB(O)c1ccc2c(c1)-c1ccccc1C21c2ccccc2-c2ccccc21. The smallest absolute Gasteiger partial charge is 0.423 e. The average Bonchev–Trinajstić information content (AvgIpc) is 3.21. The Hall–Kier alpha value is -3.14. The molecule has 4 aromatic carbocycles. The summed E-state index contributed by atoms with van der Waals surface area (Å²) in [6.07, 6.45) is 0. The molecule has 0 saturated heterocycles. The van der Waals surface area contributed by atoms with E-state index in [-0.39, 0.29) is 5.41 Å². The van der Waals surface area contributed by atoms with Gasteiger partial charge in [-0.1, -0.05) is 91.0 Å². The minimum absolute atomic E-state index is 0.363. The number of hydrogen-bond acceptors (Lipinski definition) is 2. The van der Waals surface area contributed by atoms with Crippen molar-refractivity contribution in [2.24, 2.45) is 0 Å². The van der Waals surface area contributed by atoms with Crippen molar-refractivity contribution in [3.05, 3.63) is 113 Å². The molecule has 2 nitrogen and oxygen atoms in total. The molecule has 0 bridgehead atoms. The molecule has 6 rings (SSSR count). The van der Waals surface area contributed by atoms with Crippen LogP contribution in [0.25, 0.3) is 22.3 Å². The fourth-order valence-electron chi connectivity index (χ4n) is 5.28. The van der Waals surface area contributed by atoms with Gasteiger partial charge in [0, 0.05) is 0 Å². The predicted molar refractivity (Wildman–Crippen MR) is 113 cm³/mol. The van der Waals surface area contributed by atoms with Crippen molar-refractivity contribution < 1.29 is 10.0 Å². The zero-order valence-electron chi connectivity index (χ0n) is 15.1. The average molecular weight is 360 g/mol. The Bertz CT molecular complexity index is 1210. The number of fused-ring (bicyclic) bond motifs is 10. The first-order valence-electron chi connectivity index (χ1n) is 9.53. The van der Waals surface area contributed by atoms with Gasteiger partial charge < -0.3 is 10.0 Å². The minimum Gasteiger partial charge on any atom is -0.423 e. The van der Waals surface area contributed by atoms with Gasteiger partial charge in [-0.25, -0.2) is 0 Å². The molecule has 0 radical (unpaired) electrons. The van der Waals surface area contributed by atoms with Crippen LogP contribution < -0.4 is 5.46 Å². The third kappa shape index (κ3) is 1.76. The van der Waals surface area contributed by atoms with Crippen LogP contribution in [0.3, 0.4) is 0 Å². The summed E-state index contributed by atoms with van der Waals surface area (Å²) in [7, 11) is -1.47. The van der Waals surface area contributed by atoms with E-state index in [9.17, 15) is 10.0 Å². The second-order valence-corrected chi connectivity index (χ2v) is 7.57. The van der Waals surface area contributed by atoms with Crippen molar-refractivity contribution in [3.8, 4) is 22.3 Å². The van der Waals surface area contributed by atoms with Crippen LogP contribution in [-0.4, -0.2) is 17.2 Å². The molecule has 0 aliphatic heterocycles. The second kappa shape index (κ2) is 5.45. The molecular weight excluding hydrogens is 343 g/mol. The molecule has 0 atom stereocenters. The van der Waals surface area contributed by atoms with Gasteiger partial charge in [-0.05, 0) is 50.0 Å². The lowest BCUT2D eigenvalue weighted by Crippen LogP contribution is -2.31. The molecule has 0 aromatic heterocycles. The molecule has 0 heterocycles. The summed E-state index contributed by atoms with van der Waals surface area (Å²) < 4.78 is 0.